The van der Waals surface area contributed by atoms with Gasteiger partial charge in [0, 0.05) is 43.2 Å². The number of hydrogen-bond donors (Lipinski definition) is 1. The summed E-state index contributed by atoms with van der Waals surface area (Å²) in [6.45, 7) is 9.87. The van der Waals surface area contributed by atoms with Crippen molar-refractivity contribution in [1.29, 1.82) is 0 Å². The molecule has 10 heteroatoms. The Labute approximate surface area is 189 Å². The highest BCUT2D eigenvalue weighted by Gasteiger charge is 2.23. The van der Waals surface area contributed by atoms with E-state index in [4.69, 9.17) is 0 Å². The Hall–Kier alpha value is -4.08. The van der Waals surface area contributed by atoms with E-state index < -0.39 is 11.6 Å². The predicted molar refractivity (Wildman–Crippen MR) is 124 cm³/mol. The summed E-state index contributed by atoms with van der Waals surface area (Å²) in [7, 11) is 0. The number of rotatable bonds is 7. The predicted octanol–water partition coefficient (Wildman–Crippen LogP) is 3.96. The lowest BCUT2D eigenvalue weighted by molar-refractivity contribution is 0.601. The first-order chi connectivity index (χ1) is 16.0. The molecule has 0 unspecified atom stereocenters. The molecule has 3 aromatic heterocycles. The van der Waals surface area contributed by atoms with Crippen LogP contribution in [-0.4, -0.2) is 46.5 Å². The molecule has 0 atom stereocenters. The zero-order chi connectivity index (χ0) is 23.4. The van der Waals surface area contributed by atoms with Crippen LogP contribution in [0.5, 0.6) is 0 Å². The Morgan fingerprint density at radius 1 is 1.09 bits per heavy atom. The molecular formula is C23H22F2N8. The van der Waals surface area contributed by atoms with Gasteiger partial charge in [0.05, 0.1) is 17.9 Å². The van der Waals surface area contributed by atoms with Gasteiger partial charge in [-0.05, 0) is 44.1 Å². The highest BCUT2D eigenvalue weighted by atomic mass is 19.1. The lowest BCUT2D eigenvalue weighted by atomic mass is 10.1. The van der Waals surface area contributed by atoms with Gasteiger partial charge in [-0.15, -0.1) is 0 Å². The Morgan fingerprint density at radius 2 is 1.91 bits per heavy atom. The topological polar surface area (TPSA) is 91.5 Å². The van der Waals surface area contributed by atoms with Gasteiger partial charge in [-0.2, -0.15) is 4.39 Å². The molecule has 8 nitrogen and oxygen atoms in total. The summed E-state index contributed by atoms with van der Waals surface area (Å²) in [5.74, 6) is -0.920. The van der Waals surface area contributed by atoms with Crippen LogP contribution in [0, 0.1) is 18.6 Å². The van der Waals surface area contributed by atoms with Gasteiger partial charge in [0.2, 0.25) is 5.82 Å². The van der Waals surface area contributed by atoms with Crippen molar-refractivity contribution in [3.8, 4) is 11.3 Å². The van der Waals surface area contributed by atoms with Crippen molar-refractivity contribution in [3.63, 3.8) is 0 Å². The molecule has 33 heavy (non-hydrogen) atoms. The molecule has 0 saturated carbocycles. The second-order valence-electron chi connectivity index (χ2n) is 7.45. The third-order valence-corrected chi connectivity index (χ3v) is 5.27. The maximum atomic E-state index is 15.1. The number of hydrogen-bond acceptors (Lipinski definition) is 8. The minimum atomic E-state index is -0.603. The van der Waals surface area contributed by atoms with E-state index in [9.17, 15) is 4.39 Å². The highest BCUT2D eigenvalue weighted by Crippen LogP contribution is 2.28. The van der Waals surface area contributed by atoms with Crippen LogP contribution in [0.15, 0.2) is 58.3 Å². The molecular weight excluding hydrogens is 426 g/mol. The third kappa shape index (κ3) is 4.74. The van der Waals surface area contributed by atoms with Crippen molar-refractivity contribution in [2.45, 2.75) is 19.9 Å². The van der Waals surface area contributed by atoms with Gasteiger partial charge < -0.3 is 10.2 Å². The molecule has 1 aliphatic rings. The van der Waals surface area contributed by atoms with Gasteiger partial charge in [0.25, 0.3) is 0 Å². The highest BCUT2D eigenvalue weighted by molar-refractivity contribution is 5.60. The second-order valence-corrected chi connectivity index (χ2v) is 7.45. The van der Waals surface area contributed by atoms with Crippen LogP contribution in [0.4, 0.5) is 20.4 Å². The molecule has 0 bridgehead atoms. The van der Waals surface area contributed by atoms with Crippen LogP contribution in [0.3, 0.4) is 0 Å². The largest absolute Gasteiger partial charge is 0.363 e. The van der Waals surface area contributed by atoms with E-state index in [1.165, 1.54) is 12.4 Å². The van der Waals surface area contributed by atoms with E-state index in [1.54, 1.807) is 29.4 Å². The maximum Gasteiger partial charge on any atom is 0.207 e. The summed E-state index contributed by atoms with van der Waals surface area (Å²) in [4.78, 5) is 26.1. The molecule has 0 saturated heterocycles. The van der Waals surface area contributed by atoms with Crippen molar-refractivity contribution in [2.24, 2.45) is 9.98 Å². The average Bonchev–Trinajstić information content (AvgIpc) is 2.83. The molecule has 1 N–H and O–H groups in total. The minimum Gasteiger partial charge on any atom is -0.363 e. The average molecular weight is 448 g/mol. The van der Waals surface area contributed by atoms with Gasteiger partial charge in [0.15, 0.2) is 11.6 Å². The van der Waals surface area contributed by atoms with Crippen LogP contribution < -0.4 is 10.2 Å². The Bertz CT molecular complexity index is 1240. The van der Waals surface area contributed by atoms with Crippen molar-refractivity contribution in [2.75, 3.05) is 23.3 Å². The van der Waals surface area contributed by atoms with Gasteiger partial charge in [-0.1, -0.05) is 0 Å². The number of nitrogens with one attached hydrogen (secondary N) is 1. The molecule has 4 rings (SSSR count). The fraction of sp³-hybridized carbons (Fsp3) is 0.217. The normalized spacial score (nSPS) is 13.7. The number of anilines is 2. The molecule has 0 radical (unpaired) electrons. The summed E-state index contributed by atoms with van der Waals surface area (Å²) < 4.78 is 29.8. The number of pyridine rings is 2. The summed E-state index contributed by atoms with van der Waals surface area (Å²) in [6.07, 6.45) is 4.99. The van der Waals surface area contributed by atoms with Gasteiger partial charge in [0.1, 0.15) is 17.8 Å². The second kappa shape index (κ2) is 9.60. The zero-order valence-electron chi connectivity index (χ0n) is 18.1. The molecule has 168 valence electrons. The Kier molecular flexibility index (Phi) is 6.43. The molecule has 0 fully saturated rings. The van der Waals surface area contributed by atoms with Crippen LogP contribution >= 0.6 is 0 Å². The van der Waals surface area contributed by atoms with Gasteiger partial charge in [-0.25, -0.2) is 14.4 Å². The minimum absolute atomic E-state index is 0.0129. The molecule has 1 aliphatic heterocycles. The summed E-state index contributed by atoms with van der Waals surface area (Å²) in [6, 6.07) is 4.83. The van der Waals surface area contributed by atoms with Gasteiger partial charge >= 0.3 is 0 Å². The van der Waals surface area contributed by atoms with E-state index >= 15 is 4.39 Å². The number of aromatic nitrogens is 4. The first kappa shape index (κ1) is 22.1. The van der Waals surface area contributed by atoms with E-state index in [1.807, 2.05) is 6.92 Å². The standard InChI is InChI=1S/C23H22F2N8/c1-14-8-16(4-6-28-14)21-17(24)9-15(10-29-21)11-30-22-20(25)23(32-13-31-22)33-7-5-18(26-2)19(12-33)27-3/h4,6,8-10,13H,2-3,5,7,11-12H2,1H3,(H,30,31,32). The lowest BCUT2D eigenvalue weighted by Crippen LogP contribution is -2.32. The third-order valence-electron chi connectivity index (χ3n) is 5.27. The van der Waals surface area contributed by atoms with E-state index in [2.05, 4.69) is 48.7 Å². The molecule has 0 aromatic carbocycles. The Balaban J connectivity index is 1.50. The molecule has 3 aromatic rings. The molecule has 0 spiro atoms. The summed E-state index contributed by atoms with van der Waals surface area (Å²) >= 11 is 0. The zero-order valence-corrected chi connectivity index (χ0v) is 18.1. The van der Waals surface area contributed by atoms with Crippen molar-refractivity contribution >= 4 is 25.1 Å². The fourth-order valence-corrected chi connectivity index (χ4v) is 3.60. The Morgan fingerprint density at radius 3 is 2.64 bits per heavy atom. The molecule has 0 aliphatic carbocycles. The quantitative estimate of drug-likeness (QED) is 0.550. The van der Waals surface area contributed by atoms with E-state index in [0.29, 0.717) is 36.3 Å². The van der Waals surface area contributed by atoms with Gasteiger partial charge in [-0.3, -0.25) is 20.0 Å². The lowest BCUT2D eigenvalue weighted by Gasteiger charge is -2.29. The monoisotopic (exact) mass is 448 g/mol. The first-order valence-corrected chi connectivity index (χ1v) is 10.2. The number of nitrogens with zero attached hydrogens (tertiary/aromatic N) is 7. The fourth-order valence-electron chi connectivity index (χ4n) is 3.60. The molecule has 4 heterocycles. The van der Waals surface area contributed by atoms with Crippen molar-refractivity contribution < 1.29 is 8.78 Å². The smallest absolute Gasteiger partial charge is 0.207 e. The molecule has 0 amide bonds. The van der Waals surface area contributed by atoms with E-state index in [0.717, 1.165) is 11.4 Å². The SMILES string of the molecule is C=NC1=C(N=C)CN(c2ncnc(NCc3cnc(-c4ccnc(C)c4)c(F)c3)c2F)CC1. The summed E-state index contributed by atoms with van der Waals surface area (Å²) in [5, 5.41) is 2.90. The number of aliphatic imine (C=N–C) groups is 2. The van der Waals surface area contributed by atoms with Crippen LogP contribution in [0.1, 0.15) is 17.7 Å². The van der Waals surface area contributed by atoms with Crippen LogP contribution in [-0.2, 0) is 6.54 Å². The van der Waals surface area contributed by atoms with Crippen LogP contribution in [0.25, 0.3) is 11.3 Å². The van der Waals surface area contributed by atoms with E-state index in [-0.39, 0.29) is 23.9 Å². The number of aryl methyl sites for hydroxylation is 1. The first-order valence-electron chi connectivity index (χ1n) is 10.2. The maximum absolute atomic E-state index is 15.1. The van der Waals surface area contributed by atoms with Crippen LogP contribution in [0.2, 0.25) is 0 Å². The number of halogens is 2. The van der Waals surface area contributed by atoms with Crippen molar-refractivity contribution in [3.05, 3.63) is 71.2 Å². The van der Waals surface area contributed by atoms with Crippen molar-refractivity contribution in [1.82, 2.24) is 19.9 Å². The summed E-state index contributed by atoms with van der Waals surface area (Å²) in [5.41, 5.74) is 3.57.